The number of fused-ring (bicyclic) bond motifs is 3. The Hall–Kier alpha value is -2.12. The zero-order valence-corrected chi connectivity index (χ0v) is 17.7. The maximum atomic E-state index is 12.5. The van der Waals surface area contributed by atoms with Crippen LogP contribution in [0.15, 0.2) is 23.0 Å². The highest BCUT2D eigenvalue weighted by molar-refractivity contribution is 7.98. The Kier molecular flexibility index (Phi) is 5.55. The molecule has 0 saturated heterocycles. The maximum absolute atomic E-state index is 12.5. The van der Waals surface area contributed by atoms with E-state index in [9.17, 15) is 9.59 Å². The molecule has 4 rings (SSSR count). The fraction of sp³-hybridized carbons (Fsp3) is 0.381. The summed E-state index contributed by atoms with van der Waals surface area (Å²) in [6.45, 7) is 4.03. The van der Waals surface area contributed by atoms with Crippen molar-refractivity contribution in [1.29, 1.82) is 0 Å². The van der Waals surface area contributed by atoms with Crippen LogP contribution >= 0.6 is 23.1 Å². The maximum Gasteiger partial charge on any atom is 0.259 e. The number of anilines is 1. The molecular formula is C21H23N3O2S2. The van der Waals surface area contributed by atoms with Gasteiger partial charge >= 0.3 is 0 Å². The molecule has 0 unspecified atom stereocenters. The highest BCUT2D eigenvalue weighted by Gasteiger charge is 2.21. The lowest BCUT2D eigenvalue weighted by Crippen LogP contribution is -2.14. The van der Waals surface area contributed by atoms with Crippen LogP contribution in [0.5, 0.6) is 0 Å². The van der Waals surface area contributed by atoms with Crippen molar-refractivity contribution in [2.45, 2.75) is 45.3 Å². The normalized spacial score (nSPS) is 13.1. The number of rotatable bonds is 6. The first-order valence-electron chi connectivity index (χ1n) is 9.49. The molecule has 146 valence electrons. The summed E-state index contributed by atoms with van der Waals surface area (Å²) >= 11 is 3.27. The van der Waals surface area contributed by atoms with E-state index >= 15 is 0 Å². The number of hydrogen-bond acceptors (Lipinski definition) is 5. The molecule has 0 aliphatic heterocycles. The number of aromatic amines is 1. The molecule has 0 bridgehead atoms. The van der Waals surface area contributed by atoms with Gasteiger partial charge in [0.25, 0.3) is 5.56 Å². The number of aromatic nitrogens is 2. The number of thiophene rings is 1. The number of carbonyl (C=O) groups excluding carboxylic acids is 1. The minimum Gasteiger partial charge on any atom is -0.326 e. The highest BCUT2D eigenvalue weighted by atomic mass is 32.2. The highest BCUT2D eigenvalue weighted by Crippen LogP contribution is 2.34. The van der Waals surface area contributed by atoms with Gasteiger partial charge in [0.1, 0.15) is 10.7 Å². The monoisotopic (exact) mass is 413 g/mol. The minimum absolute atomic E-state index is 0.00559. The Morgan fingerprint density at radius 3 is 3.00 bits per heavy atom. The molecule has 1 amide bonds. The van der Waals surface area contributed by atoms with Crippen LogP contribution in [0.2, 0.25) is 0 Å². The van der Waals surface area contributed by atoms with Crippen LogP contribution in [0.3, 0.4) is 0 Å². The van der Waals surface area contributed by atoms with Gasteiger partial charge in [0.15, 0.2) is 0 Å². The molecule has 0 saturated carbocycles. The van der Waals surface area contributed by atoms with Crippen molar-refractivity contribution in [3.63, 3.8) is 0 Å². The third kappa shape index (κ3) is 4.00. The second-order valence-corrected chi connectivity index (χ2v) is 9.41. The van der Waals surface area contributed by atoms with E-state index in [4.69, 9.17) is 0 Å². The van der Waals surface area contributed by atoms with E-state index in [1.807, 2.05) is 26.0 Å². The Balaban J connectivity index is 1.31. The van der Waals surface area contributed by atoms with Crippen molar-refractivity contribution in [3.8, 4) is 0 Å². The zero-order chi connectivity index (χ0) is 19.7. The number of thioether (sulfide) groups is 1. The van der Waals surface area contributed by atoms with Crippen LogP contribution in [0.25, 0.3) is 10.2 Å². The van der Waals surface area contributed by atoms with Gasteiger partial charge in [-0.2, -0.15) is 11.8 Å². The fourth-order valence-electron chi connectivity index (χ4n) is 3.62. The standard InChI is InChI=1S/C21H23N3O2S2/c1-12-6-7-15(13(2)10-12)22-18(25)8-9-27-11-17-23-20(26)19-14-4-3-5-16(14)28-21(19)24-17/h6-7,10H,3-5,8-9,11H2,1-2H3,(H,22,25)(H,23,24,26). The molecule has 1 aliphatic rings. The molecule has 0 fully saturated rings. The lowest BCUT2D eigenvalue weighted by Gasteiger charge is -2.09. The van der Waals surface area contributed by atoms with Crippen molar-refractivity contribution in [2.75, 3.05) is 11.1 Å². The van der Waals surface area contributed by atoms with Crippen LogP contribution in [-0.4, -0.2) is 21.6 Å². The van der Waals surface area contributed by atoms with Gasteiger partial charge in [-0.15, -0.1) is 11.3 Å². The fourth-order valence-corrected chi connectivity index (χ4v) is 5.70. The molecule has 2 heterocycles. The van der Waals surface area contributed by atoms with Gasteiger partial charge in [0, 0.05) is 22.7 Å². The first-order valence-corrected chi connectivity index (χ1v) is 11.5. The first-order chi connectivity index (χ1) is 13.5. The van der Waals surface area contributed by atoms with Crippen LogP contribution in [0.1, 0.15) is 40.2 Å². The number of benzene rings is 1. The number of nitrogens with zero attached hydrogens (tertiary/aromatic N) is 1. The van der Waals surface area contributed by atoms with Gasteiger partial charge in [-0.3, -0.25) is 9.59 Å². The van der Waals surface area contributed by atoms with Gasteiger partial charge in [-0.25, -0.2) is 4.98 Å². The summed E-state index contributed by atoms with van der Waals surface area (Å²) in [7, 11) is 0. The predicted octanol–water partition coefficient (Wildman–Crippen LogP) is 4.35. The van der Waals surface area contributed by atoms with Gasteiger partial charge in [0.2, 0.25) is 5.91 Å². The van der Waals surface area contributed by atoms with E-state index in [2.05, 4.69) is 21.4 Å². The zero-order valence-electron chi connectivity index (χ0n) is 16.1. The lowest BCUT2D eigenvalue weighted by molar-refractivity contribution is -0.115. The summed E-state index contributed by atoms with van der Waals surface area (Å²) in [6, 6.07) is 6.00. The smallest absolute Gasteiger partial charge is 0.259 e. The first kappa shape index (κ1) is 19.2. The van der Waals surface area contributed by atoms with Gasteiger partial charge in [-0.05, 0) is 50.3 Å². The second-order valence-electron chi connectivity index (χ2n) is 7.22. The average molecular weight is 414 g/mol. The Morgan fingerprint density at radius 2 is 2.18 bits per heavy atom. The molecule has 2 N–H and O–H groups in total. The second kappa shape index (κ2) is 8.09. The average Bonchev–Trinajstić information content (AvgIpc) is 3.22. The number of nitrogens with one attached hydrogen (secondary N) is 2. The van der Waals surface area contributed by atoms with E-state index in [0.717, 1.165) is 40.7 Å². The molecular weight excluding hydrogens is 390 g/mol. The number of carbonyl (C=O) groups is 1. The molecule has 1 aliphatic carbocycles. The van der Waals surface area contributed by atoms with Crippen LogP contribution in [-0.2, 0) is 23.4 Å². The largest absolute Gasteiger partial charge is 0.326 e. The summed E-state index contributed by atoms with van der Waals surface area (Å²) in [4.78, 5) is 34.4. The molecule has 1 aromatic carbocycles. The molecule has 0 atom stereocenters. The van der Waals surface area contributed by atoms with Gasteiger partial charge in [-0.1, -0.05) is 17.7 Å². The van der Waals surface area contributed by atoms with E-state index in [1.165, 1.54) is 16.0 Å². The Bertz CT molecular complexity index is 1100. The summed E-state index contributed by atoms with van der Waals surface area (Å²) in [6.07, 6.45) is 3.62. The third-order valence-corrected chi connectivity index (χ3v) is 7.15. The van der Waals surface area contributed by atoms with Crippen molar-refractivity contribution in [2.24, 2.45) is 0 Å². The third-order valence-electron chi connectivity index (χ3n) is 4.99. The molecule has 3 aromatic rings. The summed E-state index contributed by atoms with van der Waals surface area (Å²) in [5.41, 5.74) is 4.30. The quantitative estimate of drug-likeness (QED) is 0.589. The van der Waals surface area contributed by atoms with E-state index in [1.54, 1.807) is 23.1 Å². The lowest BCUT2D eigenvalue weighted by atomic mass is 10.1. The van der Waals surface area contributed by atoms with Crippen LogP contribution in [0, 0.1) is 13.8 Å². The molecule has 2 aromatic heterocycles. The van der Waals surface area contributed by atoms with Gasteiger partial charge < -0.3 is 10.3 Å². The number of aryl methyl sites for hydroxylation is 4. The topological polar surface area (TPSA) is 74.8 Å². The van der Waals surface area contributed by atoms with Crippen molar-refractivity contribution in [1.82, 2.24) is 9.97 Å². The minimum atomic E-state index is -0.0208. The SMILES string of the molecule is Cc1ccc(NC(=O)CCSCc2nc3sc4c(c3c(=O)[nH]2)CCC4)c(C)c1. The van der Waals surface area contributed by atoms with E-state index in [0.29, 0.717) is 23.8 Å². The summed E-state index contributed by atoms with van der Waals surface area (Å²) in [5, 5.41) is 3.76. The van der Waals surface area contributed by atoms with Crippen molar-refractivity contribution < 1.29 is 4.79 Å². The molecule has 0 radical (unpaired) electrons. The molecule has 5 nitrogen and oxygen atoms in total. The van der Waals surface area contributed by atoms with E-state index in [-0.39, 0.29) is 11.5 Å². The number of amides is 1. The van der Waals surface area contributed by atoms with Crippen LogP contribution < -0.4 is 10.9 Å². The Morgan fingerprint density at radius 1 is 1.32 bits per heavy atom. The van der Waals surface area contributed by atoms with Crippen molar-refractivity contribution >= 4 is 44.9 Å². The predicted molar refractivity (Wildman–Crippen MR) is 118 cm³/mol. The molecule has 7 heteroatoms. The van der Waals surface area contributed by atoms with Crippen LogP contribution in [0.4, 0.5) is 5.69 Å². The van der Waals surface area contributed by atoms with E-state index < -0.39 is 0 Å². The number of H-pyrrole nitrogens is 1. The molecule has 0 spiro atoms. The van der Waals surface area contributed by atoms with Gasteiger partial charge in [0.05, 0.1) is 11.1 Å². The Labute approximate surface area is 172 Å². The molecule has 28 heavy (non-hydrogen) atoms. The summed E-state index contributed by atoms with van der Waals surface area (Å²) in [5.74, 6) is 1.98. The number of hydrogen-bond donors (Lipinski definition) is 2. The van der Waals surface area contributed by atoms with Crippen molar-refractivity contribution in [3.05, 3.63) is 55.9 Å². The summed E-state index contributed by atoms with van der Waals surface area (Å²) < 4.78 is 0.